The van der Waals surface area contributed by atoms with Crippen molar-refractivity contribution in [3.63, 3.8) is 0 Å². The third-order valence-electron chi connectivity index (χ3n) is 2.41. The van der Waals surface area contributed by atoms with Gasteiger partial charge < -0.3 is 9.84 Å². The molecule has 0 aromatic carbocycles. The zero-order valence-electron chi connectivity index (χ0n) is 9.42. The van der Waals surface area contributed by atoms with Gasteiger partial charge in [-0.05, 0) is 11.8 Å². The Labute approximate surface area is 85.1 Å². The molecule has 0 saturated carbocycles. The summed E-state index contributed by atoms with van der Waals surface area (Å²) in [6.45, 7) is 10.1. The van der Waals surface area contributed by atoms with Gasteiger partial charge in [-0.3, -0.25) is 0 Å². The largest absolute Gasteiger partial charge is 0.340 e. The maximum atomic E-state index is 4.87. The van der Waals surface area contributed by atoms with Crippen LogP contribution in [0.25, 0.3) is 0 Å². The lowest BCUT2D eigenvalue weighted by Gasteiger charge is -2.22. The molecule has 4 heteroatoms. The quantitative estimate of drug-likeness (QED) is 0.783. The number of hydrogen-bond acceptors (Lipinski definition) is 4. The first-order chi connectivity index (χ1) is 6.53. The predicted octanol–water partition coefficient (Wildman–Crippen LogP) is 1.90. The fraction of sp³-hybridized carbons (Fsp3) is 0.800. The number of nitrogens with one attached hydrogen (secondary N) is 1. The van der Waals surface area contributed by atoms with E-state index in [1.165, 1.54) is 0 Å². The van der Waals surface area contributed by atoms with E-state index in [4.69, 9.17) is 4.52 Å². The average molecular weight is 197 g/mol. The van der Waals surface area contributed by atoms with Gasteiger partial charge in [0.2, 0.25) is 5.89 Å². The van der Waals surface area contributed by atoms with Crippen molar-refractivity contribution in [1.29, 1.82) is 0 Å². The van der Waals surface area contributed by atoms with Crippen LogP contribution in [0.5, 0.6) is 0 Å². The second-order valence-corrected chi connectivity index (χ2v) is 4.35. The topological polar surface area (TPSA) is 51.0 Å². The van der Waals surface area contributed by atoms with Crippen LogP contribution in [0.4, 0.5) is 0 Å². The molecule has 0 aliphatic carbocycles. The number of nitrogens with zero attached hydrogens (tertiary/aromatic N) is 2. The highest BCUT2D eigenvalue weighted by Crippen LogP contribution is 2.17. The molecule has 0 radical (unpaired) electrons. The Morgan fingerprint density at radius 1 is 1.43 bits per heavy atom. The molecule has 0 amide bonds. The molecule has 0 saturated heterocycles. The fourth-order valence-corrected chi connectivity index (χ4v) is 1.05. The Bertz CT molecular complexity index is 281. The molecule has 1 heterocycles. The highest BCUT2D eigenvalue weighted by Gasteiger charge is 2.14. The first kappa shape index (κ1) is 11.2. The summed E-state index contributed by atoms with van der Waals surface area (Å²) in [7, 11) is 0. The van der Waals surface area contributed by atoms with E-state index in [-0.39, 0.29) is 0 Å². The van der Waals surface area contributed by atoms with Crippen LogP contribution < -0.4 is 5.32 Å². The van der Waals surface area contributed by atoms with Gasteiger partial charge in [0.1, 0.15) is 0 Å². The lowest BCUT2D eigenvalue weighted by atomic mass is 9.90. The van der Waals surface area contributed by atoms with Gasteiger partial charge >= 0.3 is 0 Å². The molecule has 0 unspecified atom stereocenters. The Hall–Kier alpha value is -0.900. The number of rotatable bonds is 5. The molecule has 0 spiro atoms. The van der Waals surface area contributed by atoms with E-state index < -0.39 is 0 Å². The maximum Gasteiger partial charge on any atom is 0.223 e. The van der Waals surface area contributed by atoms with Crippen molar-refractivity contribution in [3.8, 4) is 0 Å². The molecule has 1 aromatic rings. The van der Waals surface area contributed by atoms with E-state index in [1.54, 1.807) is 6.92 Å². The minimum atomic E-state index is 0.332. The lowest BCUT2D eigenvalue weighted by Crippen LogP contribution is -2.28. The molecule has 14 heavy (non-hydrogen) atoms. The second kappa shape index (κ2) is 4.55. The van der Waals surface area contributed by atoms with E-state index in [0.717, 1.165) is 18.8 Å². The molecule has 4 nitrogen and oxygen atoms in total. The van der Waals surface area contributed by atoms with Gasteiger partial charge in [0.05, 0.1) is 6.54 Å². The van der Waals surface area contributed by atoms with Gasteiger partial charge in [-0.25, -0.2) is 0 Å². The molecule has 0 bridgehead atoms. The molecule has 1 aromatic heterocycles. The summed E-state index contributed by atoms with van der Waals surface area (Å²) < 4.78 is 4.87. The highest BCUT2D eigenvalue weighted by atomic mass is 16.5. The van der Waals surface area contributed by atoms with E-state index in [9.17, 15) is 0 Å². The van der Waals surface area contributed by atoms with Gasteiger partial charge in [-0.15, -0.1) is 0 Å². The zero-order valence-corrected chi connectivity index (χ0v) is 9.42. The Morgan fingerprint density at radius 3 is 2.64 bits per heavy atom. The van der Waals surface area contributed by atoms with E-state index in [0.29, 0.717) is 17.9 Å². The minimum Gasteiger partial charge on any atom is -0.340 e. The predicted molar refractivity (Wildman–Crippen MR) is 54.8 cm³/mol. The normalized spacial score (nSPS) is 12.0. The van der Waals surface area contributed by atoms with Crippen LogP contribution in [0.15, 0.2) is 4.52 Å². The van der Waals surface area contributed by atoms with Crippen LogP contribution in [-0.4, -0.2) is 16.7 Å². The molecule has 0 aliphatic rings. The van der Waals surface area contributed by atoms with Gasteiger partial charge in [0, 0.05) is 13.5 Å². The van der Waals surface area contributed by atoms with Crippen molar-refractivity contribution >= 4 is 0 Å². The lowest BCUT2D eigenvalue weighted by molar-refractivity contribution is 0.323. The Balaban J connectivity index is 2.28. The molecule has 1 rings (SSSR count). The number of aromatic nitrogens is 2. The number of hydrogen-bond donors (Lipinski definition) is 1. The summed E-state index contributed by atoms with van der Waals surface area (Å²) in [5, 5.41) is 7.13. The molecule has 1 N–H and O–H groups in total. The summed E-state index contributed by atoms with van der Waals surface area (Å²) in [6, 6.07) is 0. The van der Waals surface area contributed by atoms with E-state index >= 15 is 0 Å². The standard InChI is InChI=1S/C10H19N3O/c1-5-10(3,4)7-11-6-9-12-8(2)14-13-9/h11H,5-7H2,1-4H3. The van der Waals surface area contributed by atoms with Gasteiger partial charge in [0.15, 0.2) is 5.82 Å². The van der Waals surface area contributed by atoms with Crippen molar-refractivity contribution in [2.45, 2.75) is 40.7 Å². The van der Waals surface area contributed by atoms with Crippen LogP contribution in [0.3, 0.4) is 0 Å². The highest BCUT2D eigenvalue weighted by molar-refractivity contribution is 4.83. The molecular formula is C10H19N3O. The van der Waals surface area contributed by atoms with Crippen molar-refractivity contribution < 1.29 is 4.52 Å². The van der Waals surface area contributed by atoms with Crippen molar-refractivity contribution in [2.75, 3.05) is 6.54 Å². The third kappa shape index (κ3) is 3.46. The molecule has 0 aliphatic heterocycles. The summed E-state index contributed by atoms with van der Waals surface area (Å²) in [6.07, 6.45) is 1.16. The van der Waals surface area contributed by atoms with Crippen molar-refractivity contribution in [1.82, 2.24) is 15.5 Å². The summed E-state index contributed by atoms with van der Waals surface area (Å²) >= 11 is 0. The van der Waals surface area contributed by atoms with Crippen LogP contribution >= 0.6 is 0 Å². The van der Waals surface area contributed by atoms with Crippen LogP contribution in [0.2, 0.25) is 0 Å². The van der Waals surface area contributed by atoms with Crippen molar-refractivity contribution in [3.05, 3.63) is 11.7 Å². The fourth-order valence-electron chi connectivity index (χ4n) is 1.05. The summed E-state index contributed by atoms with van der Waals surface area (Å²) in [5.41, 5.74) is 0.332. The van der Waals surface area contributed by atoms with Gasteiger partial charge in [-0.2, -0.15) is 4.98 Å². The average Bonchev–Trinajstić information content (AvgIpc) is 2.51. The molecule has 0 fully saturated rings. The van der Waals surface area contributed by atoms with Crippen molar-refractivity contribution in [2.24, 2.45) is 5.41 Å². The molecular weight excluding hydrogens is 178 g/mol. The summed E-state index contributed by atoms with van der Waals surface area (Å²) in [5.74, 6) is 1.35. The minimum absolute atomic E-state index is 0.332. The SMILES string of the molecule is CCC(C)(C)CNCc1noc(C)n1. The monoisotopic (exact) mass is 197 g/mol. The van der Waals surface area contributed by atoms with Crippen LogP contribution in [0.1, 0.15) is 38.9 Å². The van der Waals surface area contributed by atoms with E-state index in [1.807, 2.05) is 0 Å². The molecule has 80 valence electrons. The summed E-state index contributed by atoms with van der Waals surface area (Å²) in [4.78, 5) is 4.12. The first-order valence-corrected chi connectivity index (χ1v) is 5.03. The van der Waals surface area contributed by atoms with Crippen LogP contribution in [-0.2, 0) is 6.54 Å². The second-order valence-electron chi connectivity index (χ2n) is 4.35. The maximum absolute atomic E-state index is 4.87. The van der Waals surface area contributed by atoms with Gasteiger partial charge in [-0.1, -0.05) is 25.9 Å². The first-order valence-electron chi connectivity index (χ1n) is 5.03. The Morgan fingerprint density at radius 2 is 2.14 bits per heavy atom. The Kier molecular flexibility index (Phi) is 3.63. The zero-order chi connectivity index (χ0) is 10.6. The van der Waals surface area contributed by atoms with Gasteiger partial charge in [0.25, 0.3) is 0 Å². The van der Waals surface area contributed by atoms with Crippen LogP contribution in [0, 0.1) is 12.3 Å². The molecule has 0 atom stereocenters. The smallest absolute Gasteiger partial charge is 0.223 e. The number of aryl methyl sites for hydroxylation is 1. The third-order valence-corrected chi connectivity index (χ3v) is 2.41. The van der Waals surface area contributed by atoms with E-state index in [2.05, 4.69) is 36.2 Å².